The number of hydrogen-bond donors (Lipinski definition) is 1. The third-order valence-electron chi connectivity index (χ3n) is 5.21. The van der Waals surface area contributed by atoms with Crippen molar-refractivity contribution in [3.8, 4) is 0 Å². The molecule has 1 saturated heterocycles. The molecular formula is C24H23FO3. The molecule has 4 heteroatoms. The first-order valence-electron chi connectivity index (χ1n) is 9.46. The van der Waals surface area contributed by atoms with Gasteiger partial charge in [-0.3, -0.25) is 0 Å². The summed E-state index contributed by atoms with van der Waals surface area (Å²) in [6.07, 6.45) is -3.36. The van der Waals surface area contributed by atoms with Gasteiger partial charge >= 0.3 is 0 Å². The van der Waals surface area contributed by atoms with Crippen LogP contribution in [0.2, 0.25) is 0 Å². The molecule has 4 rings (SSSR count). The Labute approximate surface area is 164 Å². The van der Waals surface area contributed by atoms with Crippen molar-refractivity contribution < 1.29 is 19.0 Å². The van der Waals surface area contributed by atoms with Gasteiger partial charge in [0.25, 0.3) is 0 Å². The third kappa shape index (κ3) is 3.47. The lowest BCUT2D eigenvalue weighted by Crippen LogP contribution is -2.38. The first-order chi connectivity index (χ1) is 13.7. The summed E-state index contributed by atoms with van der Waals surface area (Å²) in [4.78, 5) is 0. The molecule has 1 N–H and O–H groups in total. The zero-order valence-corrected chi connectivity index (χ0v) is 15.4. The molecule has 0 unspecified atom stereocenters. The predicted molar refractivity (Wildman–Crippen MR) is 106 cm³/mol. The van der Waals surface area contributed by atoms with Gasteiger partial charge in [-0.05, 0) is 16.7 Å². The van der Waals surface area contributed by atoms with E-state index >= 15 is 0 Å². The second-order valence-electron chi connectivity index (χ2n) is 6.97. The van der Waals surface area contributed by atoms with E-state index in [4.69, 9.17) is 9.47 Å². The van der Waals surface area contributed by atoms with Crippen molar-refractivity contribution >= 4 is 0 Å². The van der Waals surface area contributed by atoms with Crippen molar-refractivity contribution in [3.63, 3.8) is 0 Å². The summed E-state index contributed by atoms with van der Waals surface area (Å²) in [7, 11) is 0. The molecule has 0 spiro atoms. The molecule has 1 fully saturated rings. The minimum absolute atomic E-state index is 0.00972. The highest BCUT2D eigenvalue weighted by Gasteiger charge is 2.42. The first kappa shape index (κ1) is 18.8. The maximum Gasteiger partial charge on any atom is 0.156 e. The van der Waals surface area contributed by atoms with Gasteiger partial charge in [-0.1, -0.05) is 91.0 Å². The molecule has 28 heavy (non-hydrogen) atoms. The van der Waals surface area contributed by atoms with Gasteiger partial charge in [-0.2, -0.15) is 0 Å². The molecular weight excluding hydrogens is 355 g/mol. The molecule has 0 bridgehead atoms. The van der Waals surface area contributed by atoms with Crippen molar-refractivity contribution in [2.24, 2.45) is 0 Å². The van der Waals surface area contributed by atoms with Crippen molar-refractivity contribution in [1.82, 2.24) is 0 Å². The fraction of sp³-hybridized carbons (Fsp3) is 0.250. The van der Waals surface area contributed by atoms with Gasteiger partial charge in [-0.15, -0.1) is 0 Å². The van der Waals surface area contributed by atoms with Gasteiger partial charge < -0.3 is 14.6 Å². The zero-order chi connectivity index (χ0) is 19.4. The standard InChI is InChI=1S/C24H23FO3/c25-23-21(26)16-27-22(23)17-28-24(18-10-4-1-5-11-18,19-12-6-2-7-13-19)20-14-8-3-9-15-20/h1-15,21-23,26H,16-17H2/t21-,22-,23+/m1/s1. The van der Waals surface area contributed by atoms with E-state index in [0.717, 1.165) is 16.7 Å². The van der Waals surface area contributed by atoms with Crippen LogP contribution < -0.4 is 0 Å². The molecule has 1 aliphatic heterocycles. The molecule has 3 atom stereocenters. The van der Waals surface area contributed by atoms with E-state index in [2.05, 4.69) is 0 Å². The molecule has 1 aliphatic rings. The molecule has 144 valence electrons. The molecule has 0 radical (unpaired) electrons. The molecule has 0 aliphatic carbocycles. The fourth-order valence-electron chi connectivity index (χ4n) is 3.77. The van der Waals surface area contributed by atoms with Gasteiger partial charge in [0.15, 0.2) is 6.17 Å². The van der Waals surface area contributed by atoms with E-state index in [1.165, 1.54) is 0 Å². The van der Waals surface area contributed by atoms with Crippen LogP contribution in [-0.4, -0.2) is 36.7 Å². The molecule has 0 aromatic heterocycles. The van der Waals surface area contributed by atoms with E-state index in [1.807, 2.05) is 91.0 Å². The number of halogens is 1. The van der Waals surface area contributed by atoms with Crippen LogP contribution in [0.3, 0.4) is 0 Å². The highest BCUT2D eigenvalue weighted by Crippen LogP contribution is 2.41. The van der Waals surface area contributed by atoms with Crippen LogP contribution in [0.25, 0.3) is 0 Å². The molecule has 0 amide bonds. The van der Waals surface area contributed by atoms with Gasteiger partial charge in [0, 0.05) is 0 Å². The largest absolute Gasteiger partial charge is 0.388 e. The molecule has 0 saturated carbocycles. The number of ether oxygens (including phenoxy) is 2. The Morgan fingerprint density at radius 1 is 0.821 bits per heavy atom. The third-order valence-corrected chi connectivity index (χ3v) is 5.21. The summed E-state index contributed by atoms with van der Waals surface area (Å²) in [6, 6.07) is 29.7. The smallest absolute Gasteiger partial charge is 0.156 e. The second kappa shape index (κ2) is 8.23. The van der Waals surface area contributed by atoms with Crippen LogP contribution in [0.1, 0.15) is 16.7 Å². The fourth-order valence-corrected chi connectivity index (χ4v) is 3.77. The molecule has 3 aromatic carbocycles. The number of aliphatic hydroxyl groups is 1. The zero-order valence-electron chi connectivity index (χ0n) is 15.4. The average Bonchev–Trinajstić information content (AvgIpc) is 3.09. The van der Waals surface area contributed by atoms with Crippen molar-refractivity contribution in [2.45, 2.75) is 24.0 Å². The summed E-state index contributed by atoms with van der Waals surface area (Å²) in [5.74, 6) is 0. The number of aliphatic hydroxyl groups excluding tert-OH is 1. The second-order valence-corrected chi connectivity index (χ2v) is 6.97. The van der Waals surface area contributed by atoms with E-state index in [0.29, 0.717) is 0 Å². The molecule has 1 heterocycles. The molecule has 3 aromatic rings. The van der Waals surface area contributed by atoms with Crippen molar-refractivity contribution in [1.29, 1.82) is 0 Å². The lowest BCUT2D eigenvalue weighted by molar-refractivity contribution is -0.0592. The lowest BCUT2D eigenvalue weighted by Gasteiger charge is -2.36. The van der Waals surface area contributed by atoms with E-state index in [9.17, 15) is 9.50 Å². The van der Waals surface area contributed by atoms with Crippen LogP contribution in [0.15, 0.2) is 91.0 Å². The normalized spacial score (nSPS) is 22.3. The van der Waals surface area contributed by atoms with Crippen LogP contribution in [0, 0.1) is 0 Å². The summed E-state index contributed by atoms with van der Waals surface area (Å²) in [5, 5.41) is 9.69. The number of rotatable bonds is 6. The Hall–Kier alpha value is -2.53. The van der Waals surface area contributed by atoms with Gasteiger partial charge in [0.05, 0.1) is 13.2 Å². The predicted octanol–water partition coefficient (Wildman–Crippen LogP) is 4.09. The highest BCUT2D eigenvalue weighted by molar-refractivity contribution is 5.47. The summed E-state index contributed by atoms with van der Waals surface area (Å²) in [6.45, 7) is 0.0150. The van der Waals surface area contributed by atoms with Crippen LogP contribution in [0.4, 0.5) is 4.39 Å². The Kier molecular flexibility index (Phi) is 5.53. The van der Waals surface area contributed by atoms with Crippen molar-refractivity contribution in [3.05, 3.63) is 108 Å². The van der Waals surface area contributed by atoms with Gasteiger partial charge in [-0.25, -0.2) is 4.39 Å². The molecule has 3 nitrogen and oxygen atoms in total. The van der Waals surface area contributed by atoms with Crippen LogP contribution in [-0.2, 0) is 15.1 Å². The minimum Gasteiger partial charge on any atom is -0.388 e. The van der Waals surface area contributed by atoms with E-state index in [1.54, 1.807) is 0 Å². The number of hydrogen-bond acceptors (Lipinski definition) is 3. The quantitative estimate of drug-likeness (QED) is 0.657. The van der Waals surface area contributed by atoms with Crippen molar-refractivity contribution in [2.75, 3.05) is 13.2 Å². The Bertz CT molecular complexity index is 773. The van der Waals surface area contributed by atoms with E-state index in [-0.39, 0.29) is 13.2 Å². The summed E-state index contributed by atoms with van der Waals surface area (Å²) in [5.41, 5.74) is 1.92. The first-order valence-corrected chi connectivity index (χ1v) is 9.46. The SMILES string of the molecule is O[C@@H]1CO[C@H](COC(c2ccccc2)(c2ccccc2)c2ccccc2)[C@H]1F. The summed E-state index contributed by atoms with van der Waals surface area (Å²) >= 11 is 0. The Morgan fingerprint density at radius 3 is 1.61 bits per heavy atom. The Morgan fingerprint density at radius 2 is 1.25 bits per heavy atom. The maximum absolute atomic E-state index is 14.3. The van der Waals surface area contributed by atoms with Gasteiger partial charge in [0.2, 0.25) is 0 Å². The summed E-state index contributed by atoms with van der Waals surface area (Å²) < 4.78 is 26.3. The number of alkyl halides is 1. The lowest BCUT2D eigenvalue weighted by atomic mass is 9.80. The Balaban J connectivity index is 1.81. The number of benzene rings is 3. The van der Waals surface area contributed by atoms with Crippen LogP contribution >= 0.6 is 0 Å². The average molecular weight is 378 g/mol. The van der Waals surface area contributed by atoms with Gasteiger partial charge in [0.1, 0.15) is 17.8 Å². The minimum atomic E-state index is -1.46. The monoisotopic (exact) mass is 378 g/mol. The highest BCUT2D eigenvalue weighted by atomic mass is 19.1. The maximum atomic E-state index is 14.3. The van der Waals surface area contributed by atoms with E-state index < -0.39 is 24.0 Å². The van der Waals surface area contributed by atoms with Crippen LogP contribution in [0.5, 0.6) is 0 Å². The topological polar surface area (TPSA) is 38.7 Å².